The zero-order valence-corrected chi connectivity index (χ0v) is 13.1. The molecule has 3 rings (SSSR count). The average molecular weight is 310 g/mol. The van der Waals surface area contributed by atoms with Gasteiger partial charge in [-0.1, -0.05) is 17.3 Å². The number of rotatable bonds is 5. The fourth-order valence-corrected chi connectivity index (χ4v) is 2.43. The Morgan fingerprint density at radius 1 is 1.22 bits per heavy atom. The van der Waals surface area contributed by atoms with Crippen molar-refractivity contribution in [3.8, 4) is 5.69 Å². The summed E-state index contributed by atoms with van der Waals surface area (Å²) in [4.78, 5) is 11.8. The minimum atomic E-state index is -0.0819. The number of aromatic nitrogens is 3. The quantitative estimate of drug-likeness (QED) is 0.786. The Morgan fingerprint density at radius 2 is 2.00 bits per heavy atom. The molecule has 0 bridgehead atoms. The van der Waals surface area contributed by atoms with E-state index in [1.165, 1.54) is 6.26 Å². The summed E-state index contributed by atoms with van der Waals surface area (Å²) < 4.78 is 6.58. The third-order valence-electron chi connectivity index (χ3n) is 3.54. The Kier molecular flexibility index (Phi) is 4.23. The molecule has 0 atom stereocenters. The van der Waals surface area contributed by atoms with Crippen LogP contribution >= 0.6 is 0 Å². The molecule has 1 aromatic carbocycles. The van der Waals surface area contributed by atoms with Crippen molar-refractivity contribution in [3.05, 3.63) is 59.6 Å². The third kappa shape index (κ3) is 3.66. The first-order valence-electron chi connectivity index (χ1n) is 7.44. The molecule has 0 saturated heterocycles. The molecular weight excluding hydrogens is 292 g/mol. The lowest BCUT2D eigenvalue weighted by Gasteiger charge is -2.06. The molecule has 0 aliphatic carbocycles. The van der Waals surface area contributed by atoms with E-state index in [2.05, 4.69) is 20.1 Å². The number of carbonyl (C=O) groups is 1. The highest BCUT2D eigenvalue weighted by Gasteiger charge is 2.06. The third-order valence-corrected chi connectivity index (χ3v) is 3.54. The summed E-state index contributed by atoms with van der Waals surface area (Å²) in [5.74, 6) is 0.358. The largest absolute Gasteiger partial charge is 0.363 e. The molecule has 118 valence electrons. The summed E-state index contributed by atoms with van der Waals surface area (Å²) in [6.07, 6.45) is 2.49. The summed E-state index contributed by atoms with van der Waals surface area (Å²) in [6, 6.07) is 11.7. The summed E-state index contributed by atoms with van der Waals surface area (Å²) >= 11 is 0. The van der Waals surface area contributed by atoms with Crippen LogP contribution in [0.4, 0.5) is 5.82 Å². The van der Waals surface area contributed by atoms with E-state index in [1.54, 1.807) is 6.07 Å². The summed E-state index contributed by atoms with van der Waals surface area (Å²) in [5.41, 5.74) is 4.22. The zero-order chi connectivity index (χ0) is 16.2. The summed E-state index contributed by atoms with van der Waals surface area (Å²) in [5, 5.41) is 10.8. The first-order valence-corrected chi connectivity index (χ1v) is 7.44. The van der Waals surface area contributed by atoms with Crippen molar-refractivity contribution in [1.29, 1.82) is 0 Å². The summed E-state index contributed by atoms with van der Waals surface area (Å²) in [7, 11) is 0. The Balaban J connectivity index is 1.59. The van der Waals surface area contributed by atoms with Crippen molar-refractivity contribution in [3.63, 3.8) is 0 Å². The maximum absolute atomic E-state index is 11.8. The highest BCUT2D eigenvalue weighted by atomic mass is 16.5. The van der Waals surface area contributed by atoms with E-state index in [9.17, 15) is 4.79 Å². The van der Waals surface area contributed by atoms with Gasteiger partial charge in [-0.2, -0.15) is 5.10 Å². The Labute approximate surface area is 134 Å². The van der Waals surface area contributed by atoms with Crippen LogP contribution in [-0.4, -0.2) is 20.8 Å². The molecule has 2 aromatic heterocycles. The van der Waals surface area contributed by atoms with Crippen LogP contribution in [0.25, 0.3) is 5.69 Å². The second-order valence-electron chi connectivity index (χ2n) is 5.44. The average Bonchev–Trinajstić information content (AvgIpc) is 3.15. The molecular formula is C17H18N4O2. The molecule has 0 spiro atoms. The highest BCUT2D eigenvalue weighted by molar-refractivity contribution is 5.89. The number of carbonyl (C=O) groups excluding carboxylic acids is 1. The Morgan fingerprint density at radius 3 is 2.61 bits per heavy atom. The zero-order valence-electron chi connectivity index (χ0n) is 13.1. The van der Waals surface area contributed by atoms with Crippen molar-refractivity contribution in [2.45, 2.75) is 26.7 Å². The number of benzene rings is 1. The van der Waals surface area contributed by atoms with Crippen LogP contribution in [0.1, 0.15) is 23.4 Å². The number of hydrogen-bond acceptors (Lipinski definition) is 4. The SMILES string of the molecule is Cc1cc(C)n(-c2ccc(CCC(=O)Nc3ccon3)cc2)n1. The second kappa shape index (κ2) is 6.48. The fraction of sp³-hybridized carbons (Fsp3) is 0.235. The Hall–Kier alpha value is -2.89. The number of nitrogens with zero attached hydrogens (tertiary/aromatic N) is 3. The van der Waals surface area contributed by atoms with Crippen molar-refractivity contribution in [2.75, 3.05) is 5.32 Å². The standard InChI is InChI=1S/C17H18N4O2/c1-12-11-13(2)21(19-12)15-6-3-14(4-7-15)5-8-17(22)18-16-9-10-23-20-16/h3-4,6-7,9-11H,5,8H2,1-2H3,(H,18,20,22). The molecule has 0 unspecified atom stereocenters. The lowest BCUT2D eigenvalue weighted by Crippen LogP contribution is -2.12. The van der Waals surface area contributed by atoms with Crippen molar-refractivity contribution in [1.82, 2.24) is 14.9 Å². The van der Waals surface area contributed by atoms with E-state index in [0.717, 1.165) is 22.6 Å². The lowest BCUT2D eigenvalue weighted by molar-refractivity contribution is -0.116. The van der Waals surface area contributed by atoms with Crippen LogP contribution < -0.4 is 5.32 Å². The van der Waals surface area contributed by atoms with E-state index in [1.807, 2.05) is 48.9 Å². The molecule has 3 aromatic rings. The first-order chi connectivity index (χ1) is 11.1. The molecule has 0 fully saturated rings. The first kappa shape index (κ1) is 15.0. The fourth-order valence-electron chi connectivity index (χ4n) is 2.43. The minimum Gasteiger partial charge on any atom is -0.363 e. The smallest absolute Gasteiger partial charge is 0.225 e. The second-order valence-corrected chi connectivity index (χ2v) is 5.44. The number of amides is 1. The van der Waals surface area contributed by atoms with E-state index in [0.29, 0.717) is 18.7 Å². The predicted octanol–water partition coefficient (Wildman–Crippen LogP) is 3.05. The topological polar surface area (TPSA) is 73.0 Å². The van der Waals surface area contributed by atoms with Crippen LogP contribution in [0.5, 0.6) is 0 Å². The number of aryl methyl sites for hydroxylation is 3. The van der Waals surface area contributed by atoms with Crippen LogP contribution in [0.3, 0.4) is 0 Å². The predicted molar refractivity (Wildman–Crippen MR) is 86.5 cm³/mol. The van der Waals surface area contributed by atoms with Gasteiger partial charge in [0.25, 0.3) is 0 Å². The van der Waals surface area contributed by atoms with Gasteiger partial charge in [-0.3, -0.25) is 4.79 Å². The van der Waals surface area contributed by atoms with Gasteiger partial charge < -0.3 is 9.84 Å². The van der Waals surface area contributed by atoms with Gasteiger partial charge in [0, 0.05) is 18.2 Å². The van der Waals surface area contributed by atoms with Crippen molar-refractivity contribution < 1.29 is 9.32 Å². The highest BCUT2D eigenvalue weighted by Crippen LogP contribution is 2.14. The van der Waals surface area contributed by atoms with Gasteiger partial charge in [-0.05, 0) is 44.0 Å². The molecule has 6 heteroatoms. The molecule has 23 heavy (non-hydrogen) atoms. The molecule has 0 radical (unpaired) electrons. The van der Waals surface area contributed by atoms with E-state index in [-0.39, 0.29) is 5.91 Å². The molecule has 0 aliphatic heterocycles. The monoisotopic (exact) mass is 310 g/mol. The maximum atomic E-state index is 11.8. The number of anilines is 1. The van der Waals surface area contributed by atoms with Crippen LogP contribution in [0, 0.1) is 13.8 Å². The van der Waals surface area contributed by atoms with E-state index < -0.39 is 0 Å². The van der Waals surface area contributed by atoms with Crippen LogP contribution in [0.2, 0.25) is 0 Å². The van der Waals surface area contributed by atoms with Crippen molar-refractivity contribution >= 4 is 11.7 Å². The van der Waals surface area contributed by atoms with Gasteiger partial charge in [0.15, 0.2) is 5.82 Å². The lowest BCUT2D eigenvalue weighted by atomic mass is 10.1. The van der Waals surface area contributed by atoms with E-state index in [4.69, 9.17) is 0 Å². The van der Waals surface area contributed by atoms with Crippen LogP contribution in [0.15, 0.2) is 47.2 Å². The molecule has 0 aliphatic rings. The van der Waals surface area contributed by atoms with Gasteiger partial charge in [0.05, 0.1) is 11.4 Å². The molecule has 6 nitrogen and oxygen atoms in total. The van der Waals surface area contributed by atoms with Gasteiger partial charge in [0.2, 0.25) is 5.91 Å². The van der Waals surface area contributed by atoms with Gasteiger partial charge in [-0.15, -0.1) is 0 Å². The van der Waals surface area contributed by atoms with E-state index >= 15 is 0 Å². The summed E-state index contributed by atoms with van der Waals surface area (Å²) in [6.45, 7) is 4.01. The molecule has 0 saturated carbocycles. The van der Waals surface area contributed by atoms with Gasteiger partial charge in [0.1, 0.15) is 6.26 Å². The van der Waals surface area contributed by atoms with Gasteiger partial charge >= 0.3 is 0 Å². The van der Waals surface area contributed by atoms with Crippen LogP contribution in [-0.2, 0) is 11.2 Å². The molecule has 1 amide bonds. The molecule has 2 heterocycles. The minimum absolute atomic E-state index is 0.0819. The number of nitrogens with one attached hydrogen (secondary N) is 1. The maximum Gasteiger partial charge on any atom is 0.225 e. The Bertz CT molecular complexity index is 789. The normalized spacial score (nSPS) is 10.7. The molecule has 1 N–H and O–H groups in total. The van der Waals surface area contributed by atoms with Gasteiger partial charge in [-0.25, -0.2) is 4.68 Å². The van der Waals surface area contributed by atoms with Crippen molar-refractivity contribution in [2.24, 2.45) is 0 Å². The number of hydrogen-bond donors (Lipinski definition) is 1.